The summed E-state index contributed by atoms with van der Waals surface area (Å²) in [6.07, 6.45) is -8.03. The summed E-state index contributed by atoms with van der Waals surface area (Å²) >= 11 is 10.4. The lowest BCUT2D eigenvalue weighted by Gasteiger charge is -2.30. The molecule has 3 fully saturated rings. The number of aryl methyl sites for hydroxylation is 1. The molecule has 4 aromatic heterocycles. The Balaban J connectivity index is 1.17. The van der Waals surface area contributed by atoms with Crippen LogP contribution in [0.4, 0.5) is 10.2 Å². The zero-order valence-corrected chi connectivity index (χ0v) is 26.2. The van der Waals surface area contributed by atoms with Crippen LogP contribution in [-0.4, -0.2) is 104 Å². The number of aromatic nitrogens is 8. The first-order valence-electron chi connectivity index (χ1n) is 13.1. The number of hydrogen-bond donors (Lipinski definition) is 5. The van der Waals surface area contributed by atoms with Crippen LogP contribution >= 0.6 is 13.4 Å². The number of alkyl halides is 1. The van der Waals surface area contributed by atoms with Gasteiger partial charge in [0.25, 0.3) is 5.56 Å². The summed E-state index contributed by atoms with van der Waals surface area (Å²) in [5, 5.41) is 11.3. The van der Waals surface area contributed by atoms with Crippen LogP contribution in [0.3, 0.4) is 0 Å². The molecule has 6 N–H and O–H groups in total. The second-order valence-corrected chi connectivity index (χ2v) is 15.9. The lowest BCUT2D eigenvalue weighted by Crippen LogP contribution is -2.38. The number of aliphatic hydroxyl groups excluding tert-OH is 1. The number of nitrogens with two attached hydrogens (primary N) is 1. The van der Waals surface area contributed by atoms with Crippen LogP contribution in [0.15, 0.2) is 23.8 Å². The van der Waals surface area contributed by atoms with Crippen molar-refractivity contribution in [2.24, 2.45) is 0 Å². The Morgan fingerprint density at radius 1 is 0.956 bits per heavy atom. The summed E-state index contributed by atoms with van der Waals surface area (Å²) in [5.74, 6) is 0.346. The predicted octanol–water partition coefficient (Wildman–Crippen LogP) is -0.405. The third-order valence-electron chi connectivity index (χ3n) is 7.38. The molecular weight excluding hydrogens is 683 g/mol. The van der Waals surface area contributed by atoms with Crippen molar-refractivity contribution < 1.29 is 46.9 Å². The largest absolute Gasteiger partial charge is 0.386 e. The molecule has 19 nitrogen and oxygen atoms in total. The predicted molar refractivity (Wildman–Crippen MR) is 156 cm³/mol. The van der Waals surface area contributed by atoms with E-state index in [0.29, 0.717) is 0 Å². The number of imidazole rings is 2. The summed E-state index contributed by atoms with van der Waals surface area (Å²) in [5.41, 5.74) is 5.79. The molecule has 3 aliphatic heterocycles. The lowest BCUT2D eigenvalue weighted by atomic mass is 10.1. The van der Waals surface area contributed by atoms with Crippen LogP contribution in [-0.2, 0) is 51.2 Å². The van der Waals surface area contributed by atoms with Crippen molar-refractivity contribution in [1.82, 2.24) is 39.0 Å². The number of fused-ring (bicyclic) bond motifs is 4. The lowest BCUT2D eigenvalue weighted by molar-refractivity contribution is -0.0589. The summed E-state index contributed by atoms with van der Waals surface area (Å²) in [6.45, 7) is -7.99. The first-order chi connectivity index (χ1) is 21.3. The fourth-order valence-corrected chi connectivity index (χ4v) is 8.26. The molecule has 4 aromatic rings. The molecule has 0 aliphatic carbocycles. The zero-order valence-electron chi connectivity index (χ0n) is 22.8. The topological polar surface area (TPSA) is 249 Å². The molecule has 0 amide bonds. The number of hydrogen-bond acceptors (Lipinski definition) is 16. The van der Waals surface area contributed by atoms with Gasteiger partial charge >= 0.3 is 13.4 Å². The number of nitrogen functional groups attached to an aromatic ring is 1. The van der Waals surface area contributed by atoms with Crippen molar-refractivity contribution in [3.63, 3.8) is 0 Å². The van der Waals surface area contributed by atoms with E-state index in [1.807, 2.05) is 0 Å². The van der Waals surface area contributed by atoms with E-state index in [4.69, 9.17) is 56.9 Å². The molecule has 10 atom stereocenters. The molecule has 0 aromatic carbocycles. The first-order valence-corrected chi connectivity index (χ1v) is 18.3. The maximum Gasteiger partial charge on any atom is 0.325 e. The van der Waals surface area contributed by atoms with Gasteiger partial charge in [0.1, 0.15) is 48.2 Å². The summed E-state index contributed by atoms with van der Waals surface area (Å²) in [4.78, 5) is 57.2. The van der Waals surface area contributed by atoms with Crippen molar-refractivity contribution in [3.05, 3.63) is 35.2 Å². The van der Waals surface area contributed by atoms with Crippen LogP contribution in [0.1, 0.15) is 18.3 Å². The molecule has 3 aliphatic rings. The van der Waals surface area contributed by atoms with Crippen LogP contribution < -0.4 is 11.3 Å². The van der Waals surface area contributed by atoms with Crippen LogP contribution in [0, 0.1) is 6.92 Å². The average molecular weight is 708 g/mol. The summed E-state index contributed by atoms with van der Waals surface area (Å²) < 4.78 is 52.8. The number of anilines is 1. The number of aliphatic hydroxyl groups is 1. The molecule has 0 saturated carbocycles. The van der Waals surface area contributed by atoms with E-state index in [9.17, 15) is 19.7 Å². The third-order valence-corrected chi connectivity index (χ3v) is 10.5. The number of aromatic amines is 1. The smallest absolute Gasteiger partial charge is 0.325 e. The van der Waals surface area contributed by atoms with Crippen molar-refractivity contribution >= 4 is 65.2 Å². The molecule has 45 heavy (non-hydrogen) atoms. The molecule has 24 heteroatoms. The van der Waals surface area contributed by atoms with Gasteiger partial charge in [-0.05, 0) is 30.5 Å². The SMILES string of the molecule is Cc1nc2c(ncn2[C@@H]2O[C@@H]3COP(O)(=S)O[C@H]4[C@@H](F)[C@H](n5cnc6c(N)ncnc65)O[C@@H]4COP(O)(=S)O[C@H]3[C@H]2O)c(=O)[nH]1. The standard InChI is InChI=1S/C21H24FN9O10P2S2/c1-7-28-18-12(19(33)29-7)27-6-31(18)21-13(32)15-9(39-21)3-37-42(34,44)40-14-8(2-36-43(35,45)41-15)38-20(10(14)22)30-5-26-11-16(23)24-4-25-17(11)30/h4-6,8-10,13-15,20-21,32H,2-3H2,1H3,(H,34,44)(H,35,45)(H2,23,24,25)(H,28,29,33)/t8-,9-,10-,13-,14-,15-,20-,21-,42?,43?/m1/s1. The number of halogens is 1. The highest BCUT2D eigenvalue weighted by Gasteiger charge is 2.53. The highest BCUT2D eigenvalue weighted by atomic mass is 32.5. The van der Waals surface area contributed by atoms with Crippen LogP contribution in [0.2, 0.25) is 0 Å². The Labute approximate surface area is 260 Å². The summed E-state index contributed by atoms with van der Waals surface area (Å²) in [7, 11) is 0. The molecule has 7 rings (SSSR count). The fourth-order valence-electron chi connectivity index (χ4n) is 5.37. The van der Waals surface area contributed by atoms with E-state index in [0.717, 1.165) is 0 Å². The minimum Gasteiger partial charge on any atom is -0.386 e. The normalized spacial score (nSPS) is 37.7. The molecule has 3 saturated heterocycles. The quantitative estimate of drug-likeness (QED) is 0.166. The van der Waals surface area contributed by atoms with E-state index < -0.39 is 81.4 Å². The second-order valence-electron chi connectivity index (χ2n) is 10.3. The van der Waals surface area contributed by atoms with E-state index in [1.54, 1.807) is 6.92 Å². The molecule has 0 bridgehead atoms. The molecule has 2 unspecified atom stereocenters. The van der Waals surface area contributed by atoms with Crippen molar-refractivity contribution in [2.45, 2.75) is 56.1 Å². The van der Waals surface area contributed by atoms with E-state index >= 15 is 4.39 Å². The Kier molecular flexibility index (Phi) is 7.88. The van der Waals surface area contributed by atoms with E-state index in [1.165, 1.54) is 28.1 Å². The van der Waals surface area contributed by atoms with Gasteiger partial charge in [0.15, 0.2) is 41.3 Å². The maximum atomic E-state index is 16.0. The summed E-state index contributed by atoms with van der Waals surface area (Å²) in [6, 6.07) is 0. The van der Waals surface area contributed by atoms with Gasteiger partial charge in [-0.2, -0.15) is 0 Å². The van der Waals surface area contributed by atoms with E-state index in [-0.39, 0.29) is 34.0 Å². The number of ether oxygens (including phenoxy) is 2. The highest BCUT2D eigenvalue weighted by molar-refractivity contribution is 8.07. The van der Waals surface area contributed by atoms with Gasteiger partial charge in [-0.25, -0.2) is 29.3 Å². The van der Waals surface area contributed by atoms with Gasteiger partial charge in [-0.1, -0.05) is 0 Å². The van der Waals surface area contributed by atoms with Crippen molar-refractivity contribution in [1.29, 1.82) is 0 Å². The Bertz CT molecular complexity index is 1950. The zero-order chi connectivity index (χ0) is 31.8. The number of rotatable bonds is 2. The van der Waals surface area contributed by atoms with Gasteiger partial charge < -0.3 is 44.1 Å². The number of nitrogens with zero attached hydrogens (tertiary/aromatic N) is 7. The molecule has 7 heterocycles. The molecule has 242 valence electrons. The minimum atomic E-state index is -4.22. The van der Waals surface area contributed by atoms with Gasteiger partial charge in [0.2, 0.25) is 0 Å². The average Bonchev–Trinajstić information content (AvgIpc) is 3.72. The number of nitrogens with one attached hydrogen (secondary N) is 1. The van der Waals surface area contributed by atoms with Crippen LogP contribution in [0.5, 0.6) is 0 Å². The van der Waals surface area contributed by atoms with Gasteiger partial charge in [0.05, 0.1) is 25.9 Å². The molecule has 0 spiro atoms. The van der Waals surface area contributed by atoms with Crippen molar-refractivity contribution in [2.75, 3.05) is 18.9 Å². The Morgan fingerprint density at radius 2 is 1.56 bits per heavy atom. The fraction of sp³-hybridized carbons (Fsp3) is 0.524. The molecule has 0 radical (unpaired) electrons. The third kappa shape index (κ3) is 5.63. The maximum absolute atomic E-state index is 16.0. The van der Waals surface area contributed by atoms with Gasteiger partial charge in [-0.3, -0.25) is 23.0 Å². The minimum absolute atomic E-state index is 0.0143. The first kappa shape index (κ1) is 31.2. The van der Waals surface area contributed by atoms with Crippen LogP contribution in [0.25, 0.3) is 22.3 Å². The van der Waals surface area contributed by atoms with E-state index in [2.05, 4.69) is 29.9 Å². The van der Waals surface area contributed by atoms with Gasteiger partial charge in [0, 0.05) is 0 Å². The van der Waals surface area contributed by atoms with Crippen molar-refractivity contribution in [3.8, 4) is 0 Å². The number of H-pyrrole nitrogens is 1. The monoisotopic (exact) mass is 707 g/mol. The highest BCUT2D eigenvalue weighted by Crippen LogP contribution is 2.54. The van der Waals surface area contributed by atoms with Gasteiger partial charge in [-0.15, -0.1) is 0 Å². The second kappa shape index (κ2) is 11.4. The Morgan fingerprint density at radius 3 is 2.27 bits per heavy atom. The Hall–Kier alpha value is -2.43. The molecular formula is C21H24FN9O10P2S2.